The van der Waals surface area contributed by atoms with Gasteiger partial charge in [0.2, 0.25) is 15.9 Å². The number of sulfonamides is 1. The molecule has 0 radical (unpaired) electrons. The van der Waals surface area contributed by atoms with Gasteiger partial charge in [-0.25, -0.2) is 13.1 Å². The molecule has 2 aliphatic heterocycles. The molecule has 1 amide bonds. The number of methoxy groups -OCH3 is 1. The van der Waals surface area contributed by atoms with E-state index in [1.807, 2.05) is 48.5 Å². The third-order valence-electron chi connectivity index (χ3n) is 6.21. The molecule has 0 spiro atoms. The number of benzene rings is 3. The van der Waals surface area contributed by atoms with Gasteiger partial charge >= 0.3 is 0 Å². The molecule has 1 N–H and O–H groups in total. The number of nitrogens with zero attached hydrogens (tertiary/aromatic N) is 1. The van der Waals surface area contributed by atoms with E-state index in [-0.39, 0.29) is 17.2 Å². The summed E-state index contributed by atoms with van der Waals surface area (Å²) in [5, 5.41) is 0. The number of hydrogen-bond acceptors (Lipinski definition) is 6. The molecule has 9 heteroatoms. The number of ether oxygens (including phenoxy) is 3. The van der Waals surface area contributed by atoms with Crippen LogP contribution in [0.2, 0.25) is 0 Å². The molecule has 2 heterocycles. The predicted octanol–water partition coefficient (Wildman–Crippen LogP) is 3.29. The van der Waals surface area contributed by atoms with Crippen molar-refractivity contribution in [2.24, 2.45) is 0 Å². The van der Waals surface area contributed by atoms with E-state index in [9.17, 15) is 13.2 Å². The summed E-state index contributed by atoms with van der Waals surface area (Å²) in [6.45, 7) is 1.26. The Morgan fingerprint density at radius 1 is 0.971 bits per heavy atom. The summed E-state index contributed by atoms with van der Waals surface area (Å²) in [5.41, 5.74) is 1.74. The minimum Gasteiger partial charge on any atom is -0.497 e. The van der Waals surface area contributed by atoms with Gasteiger partial charge in [0.15, 0.2) is 11.5 Å². The smallest absolute Gasteiger partial charge is 0.240 e. The lowest BCUT2D eigenvalue weighted by atomic mass is 9.99. The van der Waals surface area contributed by atoms with E-state index in [2.05, 4.69) is 4.72 Å². The Hall–Kier alpha value is -3.56. The van der Waals surface area contributed by atoms with Crippen molar-refractivity contribution in [1.82, 2.24) is 9.62 Å². The fourth-order valence-corrected chi connectivity index (χ4v) is 5.78. The van der Waals surface area contributed by atoms with Gasteiger partial charge in [-0.3, -0.25) is 4.79 Å². The maximum absolute atomic E-state index is 13.2. The molecule has 0 saturated carbocycles. The molecule has 8 nitrogen and oxygen atoms in total. The standard InChI is InChI=1S/C26H26N2O6S/c1-32-20-8-10-21(11-9-20)35(30,31)27-22-16-25(29)28(17-18-5-3-2-4-6-18)26(22)19-7-12-23-24(15-19)34-14-13-33-23/h2-12,15,22,26-27H,13-14,16-17H2,1H3/t22-,26+/m0/s1. The van der Waals surface area contributed by atoms with Crippen LogP contribution in [0.4, 0.5) is 0 Å². The molecule has 2 aliphatic rings. The van der Waals surface area contributed by atoms with Gasteiger partial charge in [-0.2, -0.15) is 0 Å². The van der Waals surface area contributed by atoms with Crippen molar-refractivity contribution < 1.29 is 27.4 Å². The Bertz CT molecular complexity index is 1310. The van der Waals surface area contributed by atoms with Crippen LogP contribution in [0.1, 0.15) is 23.6 Å². The summed E-state index contributed by atoms with van der Waals surface area (Å²) in [6, 6.07) is 20.1. The fourth-order valence-electron chi connectivity index (χ4n) is 4.54. The average molecular weight is 495 g/mol. The third-order valence-corrected chi connectivity index (χ3v) is 7.72. The molecular formula is C26H26N2O6S. The molecule has 3 aromatic carbocycles. The monoisotopic (exact) mass is 494 g/mol. The lowest BCUT2D eigenvalue weighted by Crippen LogP contribution is -2.39. The van der Waals surface area contributed by atoms with E-state index in [4.69, 9.17) is 14.2 Å². The molecule has 0 aromatic heterocycles. The number of amides is 1. The van der Waals surface area contributed by atoms with Crippen LogP contribution in [-0.4, -0.2) is 45.6 Å². The summed E-state index contributed by atoms with van der Waals surface area (Å²) in [6.07, 6.45) is 0.0430. The highest BCUT2D eigenvalue weighted by atomic mass is 32.2. The molecule has 0 unspecified atom stereocenters. The molecule has 0 aliphatic carbocycles. The zero-order valence-corrected chi connectivity index (χ0v) is 20.0. The maximum atomic E-state index is 13.2. The van der Waals surface area contributed by atoms with Crippen molar-refractivity contribution in [2.75, 3.05) is 20.3 Å². The average Bonchev–Trinajstić information content (AvgIpc) is 3.17. The largest absolute Gasteiger partial charge is 0.497 e. The van der Waals surface area contributed by atoms with Gasteiger partial charge < -0.3 is 19.1 Å². The van der Waals surface area contributed by atoms with Crippen LogP contribution in [-0.2, 0) is 21.4 Å². The second-order valence-electron chi connectivity index (χ2n) is 8.46. The van der Waals surface area contributed by atoms with Crippen molar-refractivity contribution in [3.63, 3.8) is 0 Å². The highest BCUT2D eigenvalue weighted by molar-refractivity contribution is 7.89. The minimum absolute atomic E-state index is 0.0430. The number of carbonyl (C=O) groups excluding carboxylic acids is 1. The first-order valence-electron chi connectivity index (χ1n) is 11.3. The lowest BCUT2D eigenvalue weighted by molar-refractivity contribution is -0.129. The summed E-state index contributed by atoms with van der Waals surface area (Å²) >= 11 is 0. The Morgan fingerprint density at radius 2 is 1.69 bits per heavy atom. The van der Waals surface area contributed by atoms with Crippen LogP contribution in [0, 0.1) is 0 Å². The van der Waals surface area contributed by atoms with Crippen LogP contribution in [0.3, 0.4) is 0 Å². The van der Waals surface area contributed by atoms with Crippen LogP contribution < -0.4 is 18.9 Å². The summed E-state index contributed by atoms with van der Waals surface area (Å²) < 4.78 is 45.8. The Balaban J connectivity index is 1.49. The van der Waals surface area contributed by atoms with Crippen molar-refractivity contribution >= 4 is 15.9 Å². The number of fused-ring (bicyclic) bond motifs is 1. The highest BCUT2D eigenvalue weighted by Crippen LogP contribution is 2.40. The minimum atomic E-state index is -3.89. The van der Waals surface area contributed by atoms with Crippen LogP contribution >= 0.6 is 0 Å². The first-order valence-corrected chi connectivity index (χ1v) is 12.8. The lowest BCUT2D eigenvalue weighted by Gasteiger charge is -2.30. The number of hydrogen-bond donors (Lipinski definition) is 1. The summed E-state index contributed by atoms with van der Waals surface area (Å²) in [4.78, 5) is 15.0. The summed E-state index contributed by atoms with van der Waals surface area (Å²) in [7, 11) is -2.37. The predicted molar refractivity (Wildman–Crippen MR) is 129 cm³/mol. The first-order chi connectivity index (χ1) is 16.9. The van der Waals surface area contributed by atoms with Gasteiger partial charge in [-0.05, 0) is 47.5 Å². The van der Waals surface area contributed by atoms with Gasteiger partial charge in [-0.1, -0.05) is 36.4 Å². The second kappa shape index (κ2) is 9.59. The first kappa shape index (κ1) is 23.2. The van der Waals surface area contributed by atoms with E-state index < -0.39 is 22.1 Å². The Kier molecular flexibility index (Phi) is 6.36. The molecular weight excluding hydrogens is 468 g/mol. The molecule has 35 heavy (non-hydrogen) atoms. The van der Waals surface area contributed by atoms with Crippen LogP contribution in [0.15, 0.2) is 77.7 Å². The van der Waals surface area contributed by atoms with Crippen molar-refractivity contribution in [3.8, 4) is 17.2 Å². The zero-order valence-electron chi connectivity index (χ0n) is 19.2. The van der Waals surface area contributed by atoms with Crippen LogP contribution in [0.25, 0.3) is 0 Å². The quantitative estimate of drug-likeness (QED) is 0.542. The van der Waals surface area contributed by atoms with Gasteiger partial charge in [0.25, 0.3) is 0 Å². The molecule has 5 rings (SSSR count). The fraction of sp³-hybridized carbons (Fsp3) is 0.269. The number of likely N-dealkylation sites (tertiary alicyclic amines) is 1. The maximum Gasteiger partial charge on any atom is 0.240 e. The van der Waals surface area contributed by atoms with E-state index in [0.717, 1.165) is 11.1 Å². The van der Waals surface area contributed by atoms with E-state index in [1.54, 1.807) is 17.0 Å². The zero-order chi connectivity index (χ0) is 24.4. The Labute approximate surface area is 204 Å². The SMILES string of the molecule is COc1ccc(S(=O)(=O)N[C@H]2CC(=O)N(Cc3ccccc3)[C@@H]2c2ccc3c(c2)OCCO3)cc1. The molecule has 0 bridgehead atoms. The van der Waals surface area contributed by atoms with E-state index in [0.29, 0.717) is 37.0 Å². The van der Waals surface area contributed by atoms with Gasteiger partial charge in [-0.15, -0.1) is 0 Å². The second-order valence-corrected chi connectivity index (χ2v) is 10.2. The normalized spacial score (nSPS) is 19.6. The van der Waals surface area contributed by atoms with Crippen molar-refractivity contribution in [2.45, 2.75) is 29.9 Å². The van der Waals surface area contributed by atoms with E-state index >= 15 is 0 Å². The van der Waals surface area contributed by atoms with Crippen LogP contribution in [0.5, 0.6) is 17.2 Å². The topological polar surface area (TPSA) is 94.2 Å². The number of nitrogens with one attached hydrogen (secondary N) is 1. The van der Waals surface area contributed by atoms with Crippen molar-refractivity contribution in [3.05, 3.63) is 83.9 Å². The van der Waals surface area contributed by atoms with Gasteiger partial charge in [0.05, 0.1) is 24.1 Å². The third kappa shape index (κ3) is 4.82. The van der Waals surface area contributed by atoms with Gasteiger partial charge in [0.1, 0.15) is 19.0 Å². The van der Waals surface area contributed by atoms with Crippen molar-refractivity contribution in [1.29, 1.82) is 0 Å². The van der Waals surface area contributed by atoms with Gasteiger partial charge in [0, 0.05) is 13.0 Å². The molecule has 3 aromatic rings. The molecule has 182 valence electrons. The molecule has 1 saturated heterocycles. The number of rotatable bonds is 7. The molecule has 2 atom stereocenters. The number of carbonyl (C=O) groups is 1. The molecule has 1 fully saturated rings. The highest BCUT2D eigenvalue weighted by Gasteiger charge is 2.43. The Morgan fingerprint density at radius 3 is 2.40 bits per heavy atom. The summed E-state index contributed by atoms with van der Waals surface area (Å²) in [5.74, 6) is 1.65. The van der Waals surface area contributed by atoms with E-state index in [1.165, 1.54) is 19.2 Å².